The number of methoxy groups -OCH3 is 1. The minimum Gasteiger partial charge on any atom is -0.389 e. The first kappa shape index (κ1) is 14.2. The second kappa shape index (κ2) is 6.74. The number of thiophene rings is 1. The second-order valence-electron chi connectivity index (χ2n) is 4.11. The summed E-state index contributed by atoms with van der Waals surface area (Å²) >= 11 is 1.58. The van der Waals surface area contributed by atoms with Gasteiger partial charge in [-0.05, 0) is 29.3 Å². The van der Waals surface area contributed by atoms with Gasteiger partial charge in [0.2, 0.25) is 5.91 Å². The summed E-state index contributed by atoms with van der Waals surface area (Å²) < 4.78 is 4.83. The Balaban J connectivity index is 2.52. The van der Waals surface area contributed by atoms with Crippen molar-refractivity contribution in [2.45, 2.75) is 18.9 Å². The molecule has 1 N–H and O–H groups in total. The molecule has 4 nitrogen and oxygen atoms in total. The maximum atomic E-state index is 12.1. The van der Waals surface area contributed by atoms with Crippen LogP contribution in [0, 0.1) is 0 Å². The van der Waals surface area contributed by atoms with Crippen LogP contribution in [0.1, 0.15) is 18.4 Å². The van der Waals surface area contributed by atoms with Gasteiger partial charge in [0, 0.05) is 20.7 Å². The quantitative estimate of drug-likeness (QED) is 0.836. The first-order chi connectivity index (χ1) is 8.06. The van der Waals surface area contributed by atoms with Crippen LogP contribution >= 0.6 is 11.3 Å². The molecule has 96 valence electrons. The number of nitrogens with zero attached hydrogens (tertiary/aromatic N) is 1. The number of hydrogen-bond donors (Lipinski definition) is 1. The summed E-state index contributed by atoms with van der Waals surface area (Å²) in [5, 5.41) is 13.5. The van der Waals surface area contributed by atoms with Crippen molar-refractivity contribution in [3.05, 3.63) is 22.4 Å². The Kier molecular flexibility index (Phi) is 5.61. The molecular weight excluding hydrogens is 238 g/mol. The molecule has 5 heteroatoms. The lowest BCUT2D eigenvalue weighted by Gasteiger charge is -2.23. The van der Waals surface area contributed by atoms with E-state index in [2.05, 4.69) is 0 Å². The topological polar surface area (TPSA) is 49.8 Å². The van der Waals surface area contributed by atoms with Gasteiger partial charge in [-0.1, -0.05) is 0 Å². The molecule has 0 radical (unpaired) electrons. The van der Waals surface area contributed by atoms with Gasteiger partial charge in [0.15, 0.2) is 0 Å². The summed E-state index contributed by atoms with van der Waals surface area (Å²) in [6.45, 7) is 2.41. The Hall–Kier alpha value is -0.910. The van der Waals surface area contributed by atoms with E-state index in [1.165, 1.54) is 7.11 Å². The van der Waals surface area contributed by atoms with Crippen molar-refractivity contribution in [3.63, 3.8) is 0 Å². The molecule has 1 rings (SSSR count). The lowest BCUT2D eigenvalue weighted by molar-refractivity contribution is -0.132. The number of amides is 1. The van der Waals surface area contributed by atoms with E-state index in [0.29, 0.717) is 6.54 Å². The Morgan fingerprint density at radius 2 is 2.35 bits per heavy atom. The Labute approximate surface area is 106 Å². The largest absolute Gasteiger partial charge is 0.389 e. The minimum absolute atomic E-state index is 0.0125. The summed E-state index contributed by atoms with van der Waals surface area (Å²) in [6, 6.07) is 1.95. The molecule has 0 aromatic carbocycles. The predicted molar refractivity (Wildman–Crippen MR) is 68.3 cm³/mol. The smallest absolute Gasteiger partial charge is 0.229 e. The van der Waals surface area contributed by atoms with E-state index in [1.54, 1.807) is 23.3 Å². The monoisotopic (exact) mass is 257 g/mol. The first-order valence-electron chi connectivity index (χ1n) is 5.50. The van der Waals surface area contributed by atoms with Crippen LogP contribution in [0.4, 0.5) is 0 Å². The molecule has 0 saturated heterocycles. The minimum atomic E-state index is -0.636. The van der Waals surface area contributed by atoms with Crippen molar-refractivity contribution >= 4 is 17.2 Å². The summed E-state index contributed by atoms with van der Waals surface area (Å²) in [6.07, 6.45) is -0.636. The van der Waals surface area contributed by atoms with E-state index >= 15 is 0 Å². The van der Waals surface area contributed by atoms with Crippen LogP contribution in [0.15, 0.2) is 16.8 Å². The first-order valence-corrected chi connectivity index (χ1v) is 6.44. The Morgan fingerprint density at radius 1 is 1.65 bits per heavy atom. The van der Waals surface area contributed by atoms with Gasteiger partial charge in [0.1, 0.15) is 0 Å². The highest BCUT2D eigenvalue weighted by Crippen LogP contribution is 2.20. The fourth-order valence-corrected chi connectivity index (χ4v) is 2.40. The number of carbonyl (C=O) groups is 1. The van der Waals surface area contributed by atoms with E-state index in [4.69, 9.17) is 4.74 Å². The normalized spacial score (nSPS) is 14.4. The number of aliphatic hydroxyl groups is 1. The van der Waals surface area contributed by atoms with Crippen LogP contribution in [0.25, 0.3) is 0 Å². The zero-order valence-electron chi connectivity index (χ0n) is 10.4. The molecule has 0 unspecified atom stereocenters. The molecule has 0 fully saturated rings. The highest BCUT2D eigenvalue weighted by atomic mass is 32.1. The number of rotatable bonds is 6. The lowest BCUT2D eigenvalue weighted by Crippen LogP contribution is -2.38. The van der Waals surface area contributed by atoms with Crippen LogP contribution in [-0.2, 0) is 9.53 Å². The molecule has 0 aliphatic carbocycles. The van der Waals surface area contributed by atoms with Crippen molar-refractivity contribution in [2.24, 2.45) is 0 Å². The highest BCUT2D eigenvalue weighted by molar-refractivity contribution is 7.08. The maximum absolute atomic E-state index is 12.1. The number of ether oxygens (including phenoxy) is 1. The van der Waals surface area contributed by atoms with Crippen molar-refractivity contribution in [1.82, 2.24) is 4.90 Å². The van der Waals surface area contributed by atoms with Crippen LogP contribution in [-0.4, -0.2) is 49.3 Å². The van der Waals surface area contributed by atoms with Crippen molar-refractivity contribution in [1.29, 1.82) is 0 Å². The van der Waals surface area contributed by atoms with Gasteiger partial charge >= 0.3 is 0 Å². The van der Waals surface area contributed by atoms with Gasteiger partial charge in [0.25, 0.3) is 0 Å². The van der Waals surface area contributed by atoms with Crippen LogP contribution in [0.2, 0.25) is 0 Å². The molecule has 1 amide bonds. The van der Waals surface area contributed by atoms with Crippen LogP contribution in [0.5, 0.6) is 0 Å². The zero-order chi connectivity index (χ0) is 12.8. The molecule has 17 heavy (non-hydrogen) atoms. The third kappa shape index (κ3) is 4.11. The number of likely N-dealkylation sites (N-methyl/N-ethyl adjacent to an activating group) is 1. The fraction of sp³-hybridized carbons (Fsp3) is 0.583. The number of carbonyl (C=O) groups excluding carboxylic acids is 1. The predicted octanol–water partition coefficient (Wildman–Crippen LogP) is 1.32. The average Bonchev–Trinajstić information content (AvgIpc) is 2.80. The fourth-order valence-electron chi connectivity index (χ4n) is 1.65. The average molecular weight is 257 g/mol. The molecule has 0 saturated carbocycles. The summed E-state index contributed by atoms with van der Waals surface area (Å²) in [5.41, 5.74) is 1.02. The van der Waals surface area contributed by atoms with Gasteiger partial charge in [-0.3, -0.25) is 4.79 Å². The molecule has 1 aromatic heterocycles. The molecule has 2 atom stereocenters. The number of aliphatic hydroxyl groups excluding tert-OH is 1. The van der Waals surface area contributed by atoms with E-state index in [9.17, 15) is 9.90 Å². The zero-order valence-corrected chi connectivity index (χ0v) is 11.2. The third-order valence-electron chi connectivity index (χ3n) is 2.63. The lowest BCUT2D eigenvalue weighted by atomic mass is 10.0. The summed E-state index contributed by atoms with van der Waals surface area (Å²) in [7, 11) is 3.23. The Bertz CT molecular complexity index is 340. The van der Waals surface area contributed by atoms with Crippen molar-refractivity contribution in [2.75, 3.05) is 27.3 Å². The highest BCUT2D eigenvalue weighted by Gasteiger charge is 2.21. The molecule has 0 aliphatic rings. The van der Waals surface area contributed by atoms with Gasteiger partial charge < -0.3 is 14.7 Å². The molecule has 0 aliphatic heterocycles. The van der Waals surface area contributed by atoms with Gasteiger partial charge in [-0.25, -0.2) is 0 Å². The van der Waals surface area contributed by atoms with Gasteiger partial charge in [-0.15, -0.1) is 0 Å². The van der Waals surface area contributed by atoms with Crippen LogP contribution < -0.4 is 0 Å². The van der Waals surface area contributed by atoms with Crippen molar-refractivity contribution in [3.8, 4) is 0 Å². The molecular formula is C12H19NO3S. The maximum Gasteiger partial charge on any atom is 0.229 e. The summed E-state index contributed by atoms with van der Waals surface area (Å²) in [4.78, 5) is 13.6. The van der Waals surface area contributed by atoms with E-state index in [-0.39, 0.29) is 18.4 Å². The summed E-state index contributed by atoms with van der Waals surface area (Å²) in [5.74, 6) is -0.153. The molecule has 0 bridgehead atoms. The van der Waals surface area contributed by atoms with Crippen molar-refractivity contribution < 1.29 is 14.6 Å². The van der Waals surface area contributed by atoms with Gasteiger partial charge in [0.05, 0.1) is 18.6 Å². The molecule has 1 aromatic rings. The van der Waals surface area contributed by atoms with E-state index in [1.807, 2.05) is 23.8 Å². The van der Waals surface area contributed by atoms with Crippen LogP contribution in [0.3, 0.4) is 0 Å². The third-order valence-corrected chi connectivity index (χ3v) is 3.33. The van der Waals surface area contributed by atoms with E-state index in [0.717, 1.165) is 5.56 Å². The standard InChI is InChI=1S/C12H19NO3S/c1-9(10-4-5-17-8-10)12(15)13(2)6-11(14)7-16-3/h4-5,8-9,11,14H,6-7H2,1-3H3/t9-,11+/m1/s1. The Morgan fingerprint density at radius 3 is 2.88 bits per heavy atom. The molecule has 1 heterocycles. The SMILES string of the molecule is COC[C@@H](O)CN(C)C(=O)[C@H](C)c1ccsc1. The second-order valence-corrected chi connectivity index (χ2v) is 4.89. The number of hydrogen-bond acceptors (Lipinski definition) is 4. The van der Waals surface area contributed by atoms with Gasteiger partial charge in [-0.2, -0.15) is 11.3 Å². The molecule has 0 spiro atoms. The van der Waals surface area contributed by atoms with E-state index < -0.39 is 6.10 Å².